The molecule has 1 saturated heterocycles. The summed E-state index contributed by atoms with van der Waals surface area (Å²) in [5.41, 5.74) is 4.73. The summed E-state index contributed by atoms with van der Waals surface area (Å²) in [5, 5.41) is 0. The maximum atomic E-state index is 13.7. The summed E-state index contributed by atoms with van der Waals surface area (Å²) in [6.07, 6.45) is 2.86. The Bertz CT molecular complexity index is 1260. The number of carbonyl (C=O) groups is 1. The second-order valence-electron chi connectivity index (χ2n) is 9.63. The number of amides is 1. The average Bonchev–Trinajstić information content (AvgIpc) is 2.84. The summed E-state index contributed by atoms with van der Waals surface area (Å²) in [6, 6.07) is 22.9. The topological polar surface area (TPSA) is 57.7 Å². The maximum absolute atomic E-state index is 13.7. The minimum Gasteiger partial charge on any atom is -0.341 e. The van der Waals surface area contributed by atoms with Crippen molar-refractivity contribution in [3.63, 3.8) is 0 Å². The lowest BCUT2D eigenvalue weighted by Crippen LogP contribution is -2.46. The Morgan fingerprint density at radius 3 is 2.14 bits per heavy atom. The molecule has 1 aliphatic heterocycles. The largest absolute Gasteiger partial charge is 0.341 e. The number of nitrogens with zero attached hydrogens (tertiary/aromatic N) is 2. The highest BCUT2D eigenvalue weighted by molar-refractivity contribution is 7.92. The molecule has 1 aliphatic rings. The second kappa shape index (κ2) is 10.6. The monoisotopic (exact) mass is 490 g/mol. The third-order valence-corrected chi connectivity index (χ3v) is 8.62. The van der Waals surface area contributed by atoms with Crippen molar-refractivity contribution < 1.29 is 13.2 Å². The molecule has 6 heteroatoms. The fourth-order valence-corrected chi connectivity index (χ4v) is 6.26. The van der Waals surface area contributed by atoms with E-state index in [4.69, 9.17) is 0 Å². The lowest BCUT2D eigenvalue weighted by molar-refractivity contribution is -0.130. The summed E-state index contributed by atoms with van der Waals surface area (Å²) in [4.78, 5) is 15.4. The number of sulfonamides is 1. The molecule has 1 amide bonds. The zero-order valence-corrected chi connectivity index (χ0v) is 21.6. The number of aryl methyl sites for hydroxylation is 3. The second-order valence-corrected chi connectivity index (χ2v) is 11.5. The van der Waals surface area contributed by atoms with Crippen molar-refractivity contribution >= 4 is 21.6 Å². The van der Waals surface area contributed by atoms with E-state index in [1.54, 1.807) is 30.3 Å². The number of likely N-dealkylation sites (tertiary alicyclic amines) is 1. The van der Waals surface area contributed by atoms with Crippen LogP contribution >= 0.6 is 0 Å². The van der Waals surface area contributed by atoms with E-state index in [0.717, 1.165) is 36.0 Å². The molecule has 0 bridgehead atoms. The van der Waals surface area contributed by atoms with Crippen LogP contribution in [0, 0.1) is 26.7 Å². The van der Waals surface area contributed by atoms with Crippen molar-refractivity contribution in [1.29, 1.82) is 0 Å². The van der Waals surface area contributed by atoms with Gasteiger partial charge in [-0.15, -0.1) is 0 Å². The van der Waals surface area contributed by atoms with Crippen molar-refractivity contribution in [2.75, 3.05) is 23.9 Å². The predicted molar refractivity (Wildman–Crippen MR) is 141 cm³/mol. The summed E-state index contributed by atoms with van der Waals surface area (Å²) in [6.45, 7) is 6.88. The summed E-state index contributed by atoms with van der Waals surface area (Å²) < 4.78 is 28.7. The van der Waals surface area contributed by atoms with Crippen LogP contribution in [0.15, 0.2) is 77.7 Å². The Hall–Kier alpha value is -3.12. The number of hydrogen-bond donors (Lipinski definition) is 0. The van der Waals surface area contributed by atoms with Crippen LogP contribution in [0.2, 0.25) is 0 Å². The summed E-state index contributed by atoms with van der Waals surface area (Å²) in [5.74, 6) is 0.381. The van der Waals surface area contributed by atoms with E-state index < -0.39 is 10.0 Å². The number of piperidine rings is 1. The average molecular weight is 491 g/mol. The lowest BCUT2D eigenvalue weighted by Gasteiger charge is -2.34. The highest BCUT2D eigenvalue weighted by atomic mass is 32.2. The number of benzene rings is 3. The Labute approximate surface area is 209 Å². The number of carbonyl (C=O) groups excluding carboxylic acids is 1. The van der Waals surface area contributed by atoms with Crippen LogP contribution in [0.1, 0.15) is 35.1 Å². The van der Waals surface area contributed by atoms with E-state index in [2.05, 4.69) is 24.3 Å². The van der Waals surface area contributed by atoms with E-state index in [9.17, 15) is 13.2 Å². The number of anilines is 1. The number of rotatable bonds is 7. The Kier molecular flexibility index (Phi) is 7.60. The van der Waals surface area contributed by atoms with Gasteiger partial charge in [0.1, 0.15) is 6.54 Å². The normalized spacial score (nSPS) is 14.7. The van der Waals surface area contributed by atoms with Gasteiger partial charge < -0.3 is 4.90 Å². The van der Waals surface area contributed by atoms with Crippen molar-refractivity contribution in [1.82, 2.24) is 4.90 Å². The third kappa shape index (κ3) is 5.93. The molecule has 0 atom stereocenters. The molecule has 0 saturated carbocycles. The molecule has 3 aromatic carbocycles. The molecule has 0 radical (unpaired) electrons. The minimum atomic E-state index is -3.91. The van der Waals surface area contributed by atoms with Gasteiger partial charge in [0.15, 0.2) is 0 Å². The maximum Gasteiger partial charge on any atom is 0.264 e. The van der Waals surface area contributed by atoms with Crippen LogP contribution in [-0.2, 0) is 21.2 Å². The van der Waals surface area contributed by atoms with Gasteiger partial charge in [-0.2, -0.15) is 0 Å². The Morgan fingerprint density at radius 2 is 1.51 bits per heavy atom. The quantitative estimate of drug-likeness (QED) is 0.452. The van der Waals surface area contributed by atoms with Crippen molar-refractivity contribution in [2.45, 2.75) is 44.9 Å². The van der Waals surface area contributed by atoms with Gasteiger partial charge in [0.25, 0.3) is 10.0 Å². The van der Waals surface area contributed by atoms with Gasteiger partial charge in [-0.05, 0) is 75.3 Å². The molecule has 0 N–H and O–H groups in total. The van der Waals surface area contributed by atoms with Crippen molar-refractivity contribution in [2.24, 2.45) is 5.92 Å². The Balaban J connectivity index is 1.52. The van der Waals surface area contributed by atoms with E-state index >= 15 is 0 Å². The molecule has 0 aromatic heterocycles. The van der Waals surface area contributed by atoms with Gasteiger partial charge in [-0.3, -0.25) is 9.10 Å². The van der Waals surface area contributed by atoms with Gasteiger partial charge in [0.2, 0.25) is 5.91 Å². The molecule has 35 heavy (non-hydrogen) atoms. The van der Waals surface area contributed by atoms with E-state index in [0.29, 0.717) is 24.7 Å². The molecular weight excluding hydrogens is 456 g/mol. The smallest absolute Gasteiger partial charge is 0.264 e. The van der Waals surface area contributed by atoms with Crippen LogP contribution < -0.4 is 4.31 Å². The molecule has 5 nitrogen and oxygen atoms in total. The van der Waals surface area contributed by atoms with Crippen LogP contribution in [0.25, 0.3) is 0 Å². The molecule has 0 aliphatic carbocycles. The SMILES string of the molecule is Cc1ccc(S(=O)(=O)N(CC(=O)N2CCC(Cc3ccccc3)CC2)c2ccc(C)cc2C)cc1. The number of hydrogen-bond acceptors (Lipinski definition) is 3. The highest BCUT2D eigenvalue weighted by Crippen LogP contribution is 2.29. The molecule has 3 aromatic rings. The first kappa shape index (κ1) is 25.0. The molecule has 1 fully saturated rings. The van der Waals surface area contributed by atoms with Crippen LogP contribution in [0.4, 0.5) is 5.69 Å². The first-order valence-corrected chi connectivity index (χ1v) is 13.7. The van der Waals surface area contributed by atoms with Crippen molar-refractivity contribution in [3.8, 4) is 0 Å². The van der Waals surface area contributed by atoms with Gasteiger partial charge in [-0.1, -0.05) is 65.7 Å². The fourth-order valence-electron chi connectivity index (χ4n) is 4.78. The van der Waals surface area contributed by atoms with E-state index in [1.807, 2.05) is 43.9 Å². The van der Waals surface area contributed by atoms with E-state index in [-0.39, 0.29) is 17.3 Å². The molecule has 1 heterocycles. The van der Waals surface area contributed by atoms with Gasteiger partial charge in [0, 0.05) is 13.1 Å². The zero-order valence-electron chi connectivity index (χ0n) is 20.8. The zero-order chi connectivity index (χ0) is 25.0. The standard InChI is InChI=1S/C29H34N2O3S/c1-22-9-12-27(13-10-22)35(33,34)31(28-14-11-23(2)19-24(28)3)21-29(32)30-17-15-26(16-18-30)20-25-7-5-4-6-8-25/h4-14,19,26H,15-18,20-21H2,1-3H3. The first-order chi connectivity index (χ1) is 16.7. The van der Waals surface area contributed by atoms with Gasteiger partial charge >= 0.3 is 0 Å². The fraction of sp³-hybridized carbons (Fsp3) is 0.345. The van der Waals surface area contributed by atoms with Gasteiger partial charge in [0.05, 0.1) is 10.6 Å². The molecule has 0 spiro atoms. The first-order valence-electron chi connectivity index (χ1n) is 12.2. The lowest BCUT2D eigenvalue weighted by atomic mass is 9.90. The van der Waals surface area contributed by atoms with Gasteiger partial charge in [-0.25, -0.2) is 8.42 Å². The van der Waals surface area contributed by atoms with E-state index in [1.165, 1.54) is 9.87 Å². The van der Waals surface area contributed by atoms with Crippen LogP contribution in [0.3, 0.4) is 0 Å². The molecular formula is C29H34N2O3S. The molecule has 184 valence electrons. The van der Waals surface area contributed by atoms with Crippen LogP contribution in [-0.4, -0.2) is 38.9 Å². The van der Waals surface area contributed by atoms with Crippen molar-refractivity contribution in [3.05, 3.63) is 95.1 Å². The predicted octanol–water partition coefficient (Wildman–Crippen LogP) is 5.29. The highest BCUT2D eigenvalue weighted by Gasteiger charge is 2.31. The molecule has 0 unspecified atom stereocenters. The summed E-state index contributed by atoms with van der Waals surface area (Å²) in [7, 11) is -3.91. The Morgan fingerprint density at radius 1 is 0.886 bits per heavy atom. The minimum absolute atomic E-state index is 0.154. The third-order valence-electron chi connectivity index (χ3n) is 6.84. The summed E-state index contributed by atoms with van der Waals surface area (Å²) >= 11 is 0. The molecule has 4 rings (SSSR count). The van der Waals surface area contributed by atoms with Crippen LogP contribution in [0.5, 0.6) is 0 Å².